The number of ether oxygens (including phenoxy) is 2. The number of carboxylic acids is 1. The molecule has 1 aliphatic rings. The fourth-order valence-electron chi connectivity index (χ4n) is 7.01. The van der Waals surface area contributed by atoms with Crippen molar-refractivity contribution in [2.75, 3.05) is 23.4 Å². The molecular formula is C43H37F3N4O6S. The number of amides is 1. The average molecular weight is 795 g/mol. The van der Waals surface area contributed by atoms with Crippen molar-refractivity contribution in [1.82, 2.24) is 9.97 Å². The van der Waals surface area contributed by atoms with Crippen molar-refractivity contribution in [3.8, 4) is 22.6 Å². The second-order valence-electron chi connectivity index (χ2n) is 13.5. The molecule has 1 aliphatic heterocycles. The van der Waals surface area contributed by atoms with E-state index < -0.39 is 30.5 Å². The minimum absolute atomic E-state index is 0.0111. The number of carbonyl (C=O) groups excluding carboxylic acids is 2. The molecule has 3 heterocycles. The van der Waals surface area contributed by atoms with Crippen molar-refractivity contribution in [3.63, 3.8) is 0 Å². The minimum Gasteiger partial charge on any atom is -0.476 e. The lowest BCUT2D eigenvalue weighted by atomic mass is 9.93. The standard InChI is InChI=1S/C43H37F3N4O6S/c1-3-55-38(51)21-19-33(43(44,45)46)27-14-16-28(17-15-27)56-35-12-7-9-29(25(35)2)30-18-20-37(48-39(30)41(53)54)50-23-22-26-8-6-10-31(32(26)24-50)40(52)49-42-47-34-11-4-5-13-36(34)57-42/h4-18,20,33H,3,19,21-24H2,1-2H3,(H,53,54)(H,47,49,52)/t33-/m0/s1. The number of carboxylic acid groups (broad SMARTS) is 1. The number of fused-ring (bicyclic) bond motifs is 2. The van der Waals surface area contributed by atoms with Crippen LogP contribution in [0, 0.1) is 6.92 Å². The van der Waals surface area contributed by atoms with Gasteiger partial charge in [0.2, 0.25) is 0 Å². The van der Waals surface area contributed by atoms with E-state index in [-0.39, 0.29) is 35.9 Å². The predicted molar refractivity (Wildman–Crippen MR) is 211 cm³/mol. The number of para-hydroxylation sites is 1. The molecule has 0 radical (unpaired) electrons. The van der Waals surface area contributed by atoms with Crippen LogP contribution in [-0.4, -0.2) is 52.2 Å². The van der Waals surface area contributed by atoms with E-state index in [1.807, 2.05) is 41.3 Å². The van der Waals surface area contributed by atoms with Crippen molar-refractivity contribution in [2.45, 2.75) is 51.7 Å². The molecule has 2 aromatic heterocycles. The first-order chi connectivity index (χ1) is 27.4. The molecule has 0 aliphatic carbocycles. The maximum Gasteiger partial charge on any atom is 0.395 e. The zero-order chi connectivity index (χ0) is 40.3. The first-order valence-electron chi connectivity index (χ1n) is 18.3. The Labute approximate surface area is 329 Å². The van der Waals surface area contributed by atoms with Gasteiger partial charge >= 0.3 is 18.1 Å². The van der Waals surface area contributed by atoms with Gasteiger partial charge in [0.05, 0.1) is 22.7 Å². The molecule has 0 bridgehead atoms. The largest absolute Gasteiger partial charge is 0.476 e. The van der Waals surface area contributed by atoms with Gasteiger partial charge in [0, 0.05) is 30.6 Å². The van der Waals surface area contributed by atoms with Crippen LogP contribution in [-0.2, 0) is 22.5 Å². The summed E-state index contributed by atoms with van der Waals surface area (Å²) in [7, 11) is 0. The van der Waals surface area contributed by atoms with Crippen LogP contribution >= 0.6 is 11.3 Å². The van der Waals surface area contributed by atoms with Crippen LogP contribution in [0.15, 0.2) is 97.1 Å². The van der Waals surface area contributed by atoms with Gasteiger partial charge in [-0.05, 0) is 103 Å². The number of nitrogens with zero attached hydrogens (tertiary/aromatic N) is 3. The molecule has 57 heavy (non-hydrogen) atoms. The van der Waals surface area contributed by atoms with E-state index in [0.29, 0.717) is 58.5 Å². The monoisotopic (exact) mass is 794 g/mol. The number of carbonyl (C=O) groups is 3. The van der Waals surface area contributed by atoms with Gasteiger partial charge < -0.3 is 19.5 Å². The fraction of sp³-hybridized carbons (Fsp3) is 0.233. The number of benzene rings is 4. The van der Waals surface area contributed by atoms with E-state index in [1.54, 1.807) is 50.2 Å². The van der Waals surface area contributed by atoms with Crippen LogP contribution in [0.3, 0.4) is 0 Å². The molecule has 4 aromatic carbocycles. The fourth-order valence-corrected chi connectivity index (χ4v) is 7.87. The summed E-state index contributed by atoms with van der Waals surface area (Å²) in [4.78, 5) is 49.1. The Balaban J connectivity index is 1.09. The lowest BCUT2D eigenvalue weighted by molar-refractivity contribution is -0.156. The number of alkyl halides is 3. The van der Waals surface area contributed by atoms with Crippen LogP contribution in [0.2, 0.25) is 0 Å². The molecule has 6 aromatic rings. The summed E-state index contributed by atoms with van der Waals surface area (Å²) in [5.41, 5.74) is 4.46. The highest BCUT2D eigenvalue weighted by Crippen LogP contribution is 2.40. The lowest BCUT2D eigenvalue weighted by Crippen LogP contribution is -2.33. The minimum atomic E-state index is -4.57. The number of pyridine rings is 1. The zero-order valence-corrected chi connectivity index (χ0v) is 31.7. The van der Waals surface area contributed by atoms with Gasteiger partial charge in [-0.2, -0.15) is 13.2 Å². The van der Waals surface area contributed by atoms with Crippen molar-refractivity contribution in [3.05, 3.63) is 131 Å². The molecule has 1 amide bonds. The van der Waals surface area contributed by atoms with E-state index >= 15 is 0 Å². The Hall–Kier alpha value is -6.28. The van der Waals surface area contributed by atoms with Gasteiger partial charge in [-0.1, -0.05) is 59.9 Å². The Morgan fingerprint density at radius 1 is 0.930 bits per heavy atom. The number of aromatic nitrogens is 2. The molecule has 7 rings (SSSR count). The molecule has 1 atom stereocenters. The highest BCUT2D eigenvalue weighted by molar-refractivity contribution is 7.22. The lowest BCUT2D eigenvalue weighted by Gasteiger charge is -2.31. The number of halogens is 3. The molecule has 2 N–H and O–H groups in total. The van der Waals surface area contributed by atoms with Gasteiger partial charge in [0.15, 0.2) is 10.8 Å². The zero-order valence-electron chi connectivity index (χ0n) is 30.9. The first-order valence-corrected chi connectivity index (χ1v) is 19.1. The van der Waals surface area contributed by atoms with E-state index in [0.717, 1.165) is 21.3 Å². The summed E-state index contributed by atoms with van der Waals surface area (Å²) in [6, 6.07) is 27.3. The van der Waals surface area contributed by atoms with Gasteiger partial charge in [-0.15, -0.1) is 0 Å². The smallest absolute Gasteiger partial charge is 0.395 e. The van der Waals surface area contributed by atoms with E-state index in [1.165, 1.54) is 35.6 Å². The molecule has 0 saturated heterocycles. The topological polar surface area (TPSA) is 131 Å². The van der Waals surface area contributed by atoms with Gasteiger partial charge in [0.25, 0.3) is 5.91 Å². The molecule has 14 heteroatoms. The van der Waals surface area contributed by atoms with Crippen LogP contribution in [0.5, 0.6) is 11.5 Å². The van der Waals surface area contributed by atoms with Gasteiger partial charge in [-0.3, -0.25) is 14.9 Å². The summed E-state index contributed by atoms with van der Waals surface area (Å²) < 4.78 is 53.6. The molecule has 0 saturated carbocycles. The van der Waals surface area contributed by atoms with Crippen LogP contribution < -0.4 is 15.0 Å². The second kappa shape index (κ2) is 16.4. The molecule has 292 valence electrons. The number of aromatic carboxylic acids is 1. The summed E-state index contributed by atoms with van der Waals surface area (Å²) in [5, 5.41) is 13.8. The molecule has 0 fully saturated rings. The summed E-state index contributed by atoms with van der Waals surface area (Å²) in [6.45, 7) is 4.33. The maximum atomic E-state index is 13.9. The third kappa shape index (κ3) is 8.60. The van der Waals surface area contributed by atoms with Crippen molar-refractivity contribution < 1.29 is 42.1 Å². The van der Waals surface area contributed by atoms with Crippen LogP contribution in [0.25, 0.3) is 21.3 Å². The highest BCUT2D eigenvalue weighted by Gasteiger charge is 2.40. The maximum absolute atomic E-state index is 13.9. The molecule has 0 spiro atoms. The van der Waals surface area contributed by atoms with Crippen molar-refractivity contribution in [2.24, 2.45) is 0 Å². The number of esters is 1. The number of anilines is 2. The first kappa shape index (κ1) is 39.0. The third-order valence-electron chi connectivity index (χ3n) is 9.86. The van der Waals surface area contributed by atoms with E-state index in [9.17, 15) is 32.7 Å². The average Bonchev–Trinajstić information content (AvgIpc) is 3.60. The quantitative estimate of drug-likeness (QED) is 0.116. The third-order valence-corrected chi connectivity index (χ3v) is 10.8. The van der Waals surface area contributed by atoms with Crippen LogP contribution in [0.1, 0.15) is 68.8 Å². The predicted octanol–water partition coefficient (Wildman–Crippen LogP) is 9.96. The van der Waals surface area contributed by atoms with E-state index in [4.69, 9.17) is 9.47 Å². The Morgan fingerprint density at radius 2 is 1.70 bits per heavy atom. The second-order valence-corrected chi connectivity index (χ2v) is 14.5. The number of hydrogen-bond donors (Lipinski definition) is 2. The molecule has 0 unspecified atom stereocenters. The summed E-state index contributed by atoms with van der Waals surface area (Å²) in [5.74, 6) is -2.98. The molecule has 10 nitrogen and oxygen atoms in total. The number of rotatable bonds is 12. The van der Waals surface area contributed by atoms with Crippen molar-refractivity contribution >= 4 is 50.3 Å². The Kier molecular flexibility index (Phi) is 11.2. The number of thiazole rings is 1. The Bertz CT molecular complexity index is 2440. The SMILES string of the molecule is CCOC(=O)CC[C@@H](c1ccc(Oc2cccc(-c3ccc(N4CCc5cccc(C(=O)Nc6nc7ccccc7s6)c5C4)nc3C(=O)O)c2C)cc1)C(F)(F)F. The summed E-state index contributed by atoms with van der Waals surface area (Å²) in [6.07, 6.45) is -4.76. The van der Waals surface area contributed by atoms with Gasteiger partial charge in [-0.25, -0.2) is 14.8 Å². The highest BCUT2D eigenvalue weighted by atomic mass is 32.1. The summed E-state index contributed by atoms with van der Waals surface area (Å²) >= 11 is 1.39. The molecular weight excluding hydrogens is 758 g/mol. The number of nitrogens with one attached hydrogen (secondary N) is 1. The normalized spacial score (nSPS) is 13.2. The van der Waals surface area contributed by atoms with Crippen LogP contribution in [0.4, 0.5) is 24.1 Å². The Morgan fingerprint density at radius 3 is 2.44 bits per heavy atom. The van der Waals surface area contributed by atoms with Gasteiger partial charge in [0.1, 0.15) is 17.3 Å². The number of hydrogen-bond acceptors (Lipinski definition) is 9. The van der Waals surface area contributed by atoms with E-state index in [2.05, 4.69) is 15.3 Å². The van der Waals surface area contributed by atoms with Crippen molar-refractivity contribution in [1.29, 1.82) is 0 Å².